The Bertz CT molecular complexity index is 1040. The molecule has 0 amide bonds. The second kappa shape index (κ2) is 5.46. The fraction of sp³-hybridized carbons (Fsp3) is 0.250. The van der Waals surface area contributed by atoms with Crippen molar-refractivity contribution in [1.82, 2.24) is 15.0 Å². The quantitative estimate of drug-likeness (QED) is 0.742. The first kappa shape index (κ1) is 15.4. The summed E-state index contributed by atoms with van der Waals surface area (Å²) in [6.07, 6.45) is 6.56. The summed E-state index contributed by atoms with van der Waals surface area (Å²) in [5.74, 6) is 0.555. The normalized spacial score (nSPS) is 14.9. The van der Waals surface area contributed by atoms with Gasteiger partial charge in [0, 0.05) is 12.4 Å². The molecule has 4 rings (SSSR count). The number of benzene rings is 1. The van der Waals surface area contributed by atoms with E-state index in [0.717, 1.165) is 18.4 Å². The molecule has 0 radical (unpaired) electrons. The lowest BCUT2D eigenvalue weighted by atomic mass is 10.0. The minimum absolute atomic E-state index is 0.0955. The number of nitrogens with zero attached hydrogens (tertiary/aromatic N) is 2. The van der Waals surface area contributed by atoms with Gasteiger partial charge in [0.15, 0.2) is 0 Å². The first-order valence-electron chi connectivity index (χ1n) is 7.55. The molecule has 1 aliphatic rings. The van der Waals surface area contributed by atoms with E-state index >= 15 is 0 Å². The third-order valence-corrected chi connectivity index (χ3v) is 5.94. The second-order valence-electron chi connectivity index (χ2n) is 6.01. The fourth-order valence-corrected chi connectivity index (χ4v) is 4.36. The molecule has 0 unspecified atom stereocenters. The molecule has 24 heavy (non-hydrogen) atoms. The smallest absolute Gasteiger partial charge is 0.264 e. The maximum absolute atomic E-state index is 12.7. The molecule has 2 aromatic heterocycles. The van der Waals surface area contributed by atoms with Crippen molar-refractivity contribution in [2.75, 3.05) is 4.72 Å². The third-order valence-electron chi connectivity index (χ3n) is 4.22. The fourth-order valence-electron chi connectivity index (χ4n) is 2.87. The van der Waals surface area contributed by atoms with Gasteiger partial charge in [-0.1, -0.05) is 11.6 Å². The maximum atomic E-state index is 12.7. The Morgan fingerprint density at radius 1 is 1.33 bits per heavy atom. The minimum Gasteiger partial charge on any atom is -0.345 e. The molecule has 1 saturated carbocycles. The standard InChI is InChI=1S/C16H15ClN4O2S/c1-9-4-14(13(17)5-11(9)10-2-3-10)21-24(22,23)15-7-19-16-12(15)6-18-8-20-16/h4-8,10,21H,2-3H2,1H3,(H,18,19,20). The van der Waals surface area contributed by atoms with E-state index in [1.54, 1.807) is 6.07 Å². The van der Waals surface area contributed by atoms with E-state index in [-0.39, 0.29) is 4.90 Å². The van der Waals surface area contributed by atoms with E-state index in [1.165, 1.54) is 24.3 Å². The largest absolute Gasteiger partial charge is 0.345 e. The molecule has 0 saturated heterocycles. The number of aromatic amines is 1. The van der Waals surface area contributed by atoms with Crippen molar-refractivity contribution >= 4 is 38.3 Å². The molecule has 0 atom stereocenters. The predicted molar refractivity (Wildman–Crippen MR) is 92.9 cm³/mol. The number of sulfonamides is 1. The number of anilines is 1. The SMILES string of the molecule is Cc1cc(NS(=O)(=O)c2c[nH]c3ncncc23)c(Cl)cc1C1CC1. The highest BCUT2D eigenvalue weighted by Gasteiger charge is 2.27. The number of rotatable bonds is 4. The summed E-state index contributed by atoms with van der Waals surface area (Å²) in [6, 6.07) is 3.66. The topological polar surface area (TPSA) is 87.7 Å². The Hall–Kier alpha value is -2.12. The Balaban J connectivity index is 1.73. The zero-order valence-electron chi connectivity index (χ0n) is 12.9. The van der Waals surface area contributed by atoms with Crippen LogP contribution in [0.25, 0.3) is 11.0 Å². The van der Waals surface area contributed by atoms with Crippen molar-refractivity contribution in [3.05, 3.63) is 47.0 Å². The molecule has 0 aliphatic heterocycles. The number of fused-ring (bicyclic) bond motifs is 1. The van der Waals surface area contributed by atoms with Gasteiger partial charge in [-0.05, 0) is 48.9 Å². The lowest BCUT2D eigenvalue weighted by Gasteiger charge is -2.12. The van der Waals surface area contributed by atoms with Crippen LogP contribution in [0.15, 0.2) is 35.7 Å². The van der Waals surface area contributed by atoms with Crippen LogP contribution in [0.5, 0.6) is 0 Å². The monoisotopic (exact) mass is 362 g/mol. The number of hydrogen-bond donors (Lipinski definition) is 2. The Morgan fingerprint density at radius 3 is 2.88 bits per heavy atom. The van der Waals surface area contributed by atoms with Crippen molar-refractivity contribution in [3.8, 4) is 0 Å². The molecule has 3 aromatic rings. The number of halogens is 1. The molecular formula is C16H15ClN4O2S. The molecule has 1 aromatic carbocycles. The first-order chi connectivity index (χ1) is 11.5. The van der Waals surface area contributed by atoms with Crippen LogP contribution >= 0.6 is 11.6 Å². The number of hydrogen-bond acceptors (Lipinski definition) is 4. The van der Waals surface area contributed by atoms with Gasteiger partial charge >= 0.3 is 0 Å². The summed E-state index contributed by atoms with van der Waals surface area (Å²) >= 11 is 6.30. The number of aromatic nitrogens is 3. The van der Waals surface area contributed by atoms with Gasteiger partial charge in [0.2, 0.25) is 0 Å². The molecule has 0 spiro atoms. The Morgan fingerprint density at radius 2 is 2.12 bits per heavy atom. The van der Waals surface area contributed by atoms with E-state index in [0.29, 0.717) is 27.7 Å². The lowest BCUT2D eigenvalue weighted by molar-refractivity contribution is 0.602. The predicted octanol–water partition coefficient (Wildman–Crippen LogP) is 3.60. The highest BCUT2D eigenvalue weighted by atomic mass is 35.5. The summed E-state index contributed by atoms with van der Waals surface area (Å²) in [5, 5.41) is 0.842. The van der Waals surface area contributed by atoms with Crippen LogP contribution in [-0.4, -0.2) is 23.4 Å². The van der Waals surface area contributed by atoms with Crippen LogP contribution in [0.1, 0.15) is 29.9 Å². The summed E-state index contributed by atoms with van der Waals surface area (Å²) < 4.78 is 28.0. The summed E-state index contributed by atoms with van der Waals surface area (Å²) in [4.78, 5) is 10.8. The summed E-state index contributed by atoms with van der Waals surface area (Å²) in [7, 11) is -3.80. The van der Waals surface area contributed by atoms with Crippen LogP contribution in [-0.2, 0) is 10.0 Å². The Labute approximate surface area is 144 Å². The summed E-state index contributed by atoms with van der Waals surface area (Å²) in [6.45, 7) is 1.97. The van der Waals surface area contributed by atoms with Gasteiger partial charge in [-0.25, -0.2) is 18.4 Å². The maximum Gasteiger partial charge on any atom is 0.264 e. The molecule has 1 aliphatic carbocycles. The van der Waals surface area contributed by atoms with Gasteiger partial charge in [0.05, 0.1) is 16.1 Å². The molecule has 6 nitrogen and oxygen atoms in total. The third kappa shape index (κ3) is 2.63. The number of aryl methyl sites for hydroxylation is 1. The van der Waals surface area contributed by atoms with E-state index in [2.05, 4.69) is 19.7 Å². The average Bonchev–Trinajstić information content (AvgIpc) is 3.28. The molecule has 2 heterocycles. The second-order valence-corrected chi connectivity index (χ2v) is 8.06. The minimum atomic E-state index is -3.80. The molecule has 8 heteroatoms. The van der Waals surface area contributed by atoms with Crippen LogP contribution in [0.2, 0.25) is 5.02 Å². The van der Waals surface area contributed by atoms with Gasteiger partial charge in [-0.3, -0.25) is 4.72 Å². The first-order valence-corrected chi connectivity index (χ1v) is 9.42. The van der Waals surface area contributed by atoms with Gasteiger partial charge in [-0.2, -0.15) is 0 Å². The van der Waals surface area contributed by atoms with E-state index in [1.807, 2.05) is 13.0 Å². The lowest BCUT2D eigenvalue weighted by Crippen LogP contribution is -2.13. The summed E-state index contributed by atoms with van der Waals surface area (Å²) in [5.41, 5.74) is 3.09. The highest BCUT2D eigenvalue weighted by molar-refractivity contribution is 7.93. The zero-order valence-corrected chi connectivity index (χ0v) is 14.4. The van der Waals surface area contributed by atoms with Gasteiger partial charge in [0.25, 0.3) is 10.0 Å². The van der Waals surface area contributed by atoms with Gasteiger partial charge in [0.1, 0.15) is 16.9 Å². The van der Waals surface area contributed by atoms with Gasteiger partial charge < -0.3 is 4.98 Å². The van der Waals surface area contributed by atoms with Gasteiger partial charge in [-0.15, -0.1) is 0 Å². The molecule has 0 bridgehead atoms. The number of H-pyrrole nitrogens is 1. The highest BCUT2D eigenvalue weighted by Crippen LogP contribution is 2.44. The van der Waals surface area contributed by atoms with Crippen molar-refractivity contribution in [1.29, 1.82) is 0 Å². The molecule has 124 valence electrons. The van der Waals surface area contributed by atoms with Crippen LogP contribution in [0.4, 0.5) is 5.69 Å². The van der Waals surface area contributed by atoms with Crippen molar-refractivity contribution in [3.63, 3.8) is 0 Å². The van der Waals surface area contributed by atoms with Crippen LogP contribution < -0.4 is 4.72 Å². The van der Waals surface area contributed by atoms with Crippen molar-refractivity contribution < 1.29 is 8.42 Å². The van der Waals surface area contributed by atoms with E-state index < -0.39 is 10.0 Å². The van der Waals surface area contributed by atoms with E-state index in [4.69, 9.17) is 11.6 Å². The van der Waals surface area contributed by atoms with Crippen molar-refractivity contribution in [2.45, 2.75) is 30.6 Å². The zero-order chi connectivity index (χ0) is 16.9. The van der Waals surface area contributed by atoms with E-state index in [9.17, 15) is 8.42 Å². The van der Waals surface area contributed by atoms with Crippen molar-refractivity contribution in [2.24, 2.45) is 0 Å². The average molecular weight is 363 g/mol. The number of nitrogens with one attached hydrogen (secondary N) is 2. The molecule has 2 N–H and O–H groups in total. The molecule has 1 fully saturated rings. The van der Waals surface area contributed by atoms with Crippen LogP contribution in [0, 0.1) is 6.92 Å². The van der Waals surface area contributed by atoms with Crippen LogP contribution in [0.3, 0.4) is 0 Å². The molecular weight excluding hydrogens is 348 g/mol. The Kier molecular flexibility index (Phi) is 3.51.